The molecule has 10 heteroatoms. The number of piperazine rings is 1. The van der Waals surface area contributed by atoms with E-state index in [9.17, 15) is 14.4 Å². The SMILES string of the molecule is CC(C)c1cc(-c2ccc(Cl)cc2)nn2cc(C=O)nc12.COC(=O)C1CCC(C(=O)N2CCN(C)C(C)(C)C2)CC1. The van der Waals surface area contributed by atoms with Gasteiger partial charge in [0, 0.05) is 47.2 Å². The van der Waals surface area contributed by atoms with Gasteiger partial charge in [-0.15, -0.1) is 0 Å². The van der Waals surface area contributed by atoms with Gasteiger partial charge in [0.05, 0.1) is 24.9 Å². The third-order valence-corrected chi connectivity index (χ3v) is 8.85. The van der Waals surface area contributed by atoms with Crippen molar-refractivity contribution < 1.29 is 19.1 Å². The predicted molar refractivity (Wildman–Crippen MR) is 164 cm³/mol. The molecule has 2 aliphatic rings. The Bertz CT molecular complexity index is 1410. The monoisotopic (exact) mass is 595 g/mol. The van der Waals surface area contributed by atoms with Gasteiger partial charge in [0.1, 0.15) is 5.69 Å². The number of methoxy groups -OCH3 is 1. The summed E-state index contributed by atoms with van der Waals surface area (Å²) in [5.41, 5.74) is 4.02. The lowest BCUT2D eigenvalue weighted by molar-refractivity contribution is -0.149. The minimum atomic E-state index is -0.123. The molecule has 0 spiro atoms. The summed E-state index contributed by atoms with van der Waals surface area (Å²) < 4.78 is 6.47. The molecule has 1 aliphatic carbocycles. The highest BCUT2D eigenvalue weighted by molar-refractivity contribution is 6.30. The topological polar surface area (TPSA) is 97.1 Å². The van der Waals surface area contributed by atoms with Gasteiger partial charge in [0.25, 0.3) is 0 Å². The van der Waals surface area contributed by atoms with Gasteiger partial charge in [-0.2, -0.15) is 5.10 Å². The smallest absolute Gasteiger partial charge is 0.308 e. The van der Waals surface area contributed by atoms with Crippen molar-refractivity contribution in [2.24, 2.45) is 11.8 Å². The first kappa shape index (κ1) is 31.6. The maximum absolute atomic E-state index is 12.7. The van der Waals surface area contributed by atoms with E-state index >= 15 is 0 Å². The summed E-state index contributed by atoms with van der Waals surface area (Å²) in [6.07, 6.45) is 5.56. The number of imidazole rings is 1. The summed E-state index contributed by atoms with van der Waals surface area (Å²) in [5, 5.41) is 5.23. The lowest BCUT2D eigenvalue weighted by Gasteiger charge is -2.46. The van der Waals surface area contributed by atoms with E-state index in [4.69, 9.17) is 16.3 Å². The summed E-state index contributed by atoms with van der Waals surface area (Å²) in [6.45, 7) is 11.1. The fraction of sp³-hybridized carbons (Fsp3) is 0.531. The van der Waals surface area contributed by atoms with Crippen LogP contribution in [0.2, 0.25) is 5.02 Å². The Hall–Kier alpha value is -3.30. The summed E-state index contributed by atoms with van der Waals surface area (Å²) in [4.78, 5) is 43.8. The van der Waals surface area contributed by atoms with E-state index in [1.54, 1.807) is 10.7 Å². The molecule has 3 aromatic rings. The third kappa shape index (κ3) is 7.18. The number of hydrogen-bond donors (Lipinski definition) is 0. The van der Waals surface area contributed by atoms with Gasteiger partial charge in [-0.1, -0.05) is 37.6 Å². The number of ether oxygens (including phenoxy) is 1. The number of fused-ring (bicyclic) bond motifs is 1. The second-order valence-electron chi connectivity index (χ2n) is 12.3. The number of carbonyl (C=O) groups is 3. The number of esters is 1. The van der Waals surface area contributed by atoms with Crippen LogP contribution in [-0.2, 0) is 14.3 Å². The van der Waals surface area contributed by atoms with Gasteiger partial charge in [0.15, 0.2) is 11.9 Å². The molecule has 0 radical (unpaired) electrons. The van der Waals surface area contributed by atoms with Crippen molar-refractivity contribution in [3.63, 3.8) is 0 Å². The van der Waals surface area contributed by atoms with Crippen molar-refractivity contribution in [1.29, 1.82) is 0 Å². The maximum Gasteiger partial charge on any atom is 0.308 e. The highest BCUT2D eigenvalue weighted by Gasteiger charge is 2.37. The lowest BCUT2D eigenvalue weighted by atomic mass is 9.81. The number of halogens is 1. The first-order valence-corrected chi connectivity index (χ1v) is 15.0. The molecule has 2 fully saturated rings. The molecular formula is C32H42ClN5O4. The van der Waals surface area contributed by atoms with Crippen molar-refractivity contribution in [1.82, 2.24) is 24.4 Å². The van der Waals surface area contributed by atoms with Crippen LogP contribution in [0, 0.1) is 11.8 Å². The molecule has 1 saturated carbocycles. The van der Waals surface area contributed by atoms with Gasteiger partial charge < -0.3 is 9.64 Å². The standard InChI is InChI=1S/C16H14ClN3O.C16H28N2O3/c1-10(2)14-7-15(11-3-5-12(17)6-4-11)19-20-8-13(9-21)18-16(14)20;1-16(2)11-18(10-9-17(16)3)14(19)12-5-7-13(8-6-12)15(20)21-4/h3-10H,1-2H3;12-13H,5-11H2,1-4H3. The van der Waals surface area contributed by atoms with Gasteiger partial charge >= 0.3 is 5.97 Å². The van der Waals surface area contributed by atoms with Gasteiger partial charge in [0.2, 0.25) is 5.91 Å². The zero-order chi connectivity index (χ0) is 30.6. The van der Waals surface area contributed by atoms with E-state index in [2.05, 4.69) is 49.7 Å². The molecule has 2 aromatic heterocycles. The normalized spacial score (nSPS) is 20.6. The van der Waals surface area contributed by atoms with Crippen molar-refractivity contribution in [3.05, 3.63) is 52.8 Å². The van der Waals surface area contributed by atoms with E-state index in [0.29, 0.717) is 10.7 Å². The minimum Gasteiger partial charge on any atom is -0.469 e. The number of amides is 1. The van der Waals surface area contributed by atoms with E-state index in [-0.39, 0.29) is 35.2 Å². The summed E-state index contributed by atoms with van der Waals surface area (Å²) in [7, 11) is 3.55. The molecule has 1 aliphatic heterocycles. The Labute approximate surface area is 253 Å². The van der Waals surface area contributed by atoms with Crippen LogP contribution in [0.4, 0.5) is 0 Å². The number of aldehydes is 1. The molecular weight excluding hydrogens is 554 g/mol. The van der Waals surface area contributed by atoms with E-state index in [1.165, 1.54) is 7.11 Å². The Kier molecular flexibility index (Phi) is 10.0. The summed E-state index contributed by atoms with van der Waals surface area (Å²) >= 11 is 5.92. The van der Waals surface area contributed by atoms with Gasteiger partial charge in [-0.3, -0.25) is 19.3 Å². The summed E-state index contributed by atoms with van der Waals surface area (Å²) in [5.74, 6) is 0.512. The quantitative estimate of drug-likeness (QED) is 0.284. The number of likely N-dealkylation sites (N-methyl/N-ethyl adjacent to an activating group) is 1. The summed E-state index contributed by atoms with van der Waals surface area (Å²) in [6, 6.07) is 9.55. The number of aromatic nitrogens is 3. The average Bonchev–Trinajstić information content (AvgIpc) is 3.41. The molecule has 226 valence electrons. The van der Waals surface area contributed by atoms with Gasteiger partial charge in [-0.05, 0) is 70.7 Å². The van der Waals surface area contributed by atoms with Crippen molar-refractivity contribution >= 4 is 35.4 Å². The van der Waals surface area contributed by atoms with Crippen LogP contribution in [0.5, 0.6) is 0 Å². The molecule has 1 amide bonds. The lowest BCUT2D eigenvalue weighted by Crippen LogP contribution is -2.59. The highest BCUT2D eigenvalue weighted by Crippen LogP contribution is 2.32. The largest absolute Gasteiger partial charge is 0.469 e. The molecule has 1 saturated heterocycles. The fourth-order valence-corrected chi connectivity index (χ4v) is 5.82. The van der Waals surface area contributed by atoms with Gasteiger partial charge in [-0.25, -0.2) is 9.50 Å². The van der Waals surface area contributed by atoms with Crippen LogP contribution in [0.15, 0.2) is 36.5 Å². The second-order valence-corrected chi connectivity index (χ2v) is 12.7. The average molecular weight is 596 g/mol. The molecule has 0 N–H and O–H groups in total. The van der Waals surface area contributed by atoms with Crippen molar-refractivity contribution in [3.8, 4) is 11.3 Å². The van der Waals surface area contributed by atoms with Crippen LogP contribution < -0.4 is 0 Å². The molecule has 5 rings (SSSR count). The first-order valence-electron chi connectivity index (χ1n) is 14.6. The van der Waals surface area contributed by atoms with E-state index in [0.717, 1.165) is 74.1 Å². The molecule has 42 heavy (non-hydrogen) atoms. The zero-order valence-electron chi connectivity index (χ0n) is 25.5. The maximum atomic E-state index is 12.7. The minimum absolute atomic E-state index is 0.0111. The van der Waals surface area contributed by atoms with Crippen molar-refractivity contribution in [2.45, 2.75) is 64.8 Å². The van der Waals surface area contributed by atoms with E-state index < -0.39 is 0 Å². The van der Waals surface area contributed by atoms with Crippen LogP contribution in [-0.4, -0.2) is 81.9 Å². The number of carbonyl (C=O) groups excluding carboxylic acids is 3. The molecule has 1 aromatic carbocycles. The van der Waals surface area contributed by atoms with Crippen LogP contribution in [0.25, 0.3) is 16.9 Å². The molecule has 0 bridgehead atoms. The zero-order valence-corrected chi connectivity index (χ0v) is 26.2. The number of benzene rings is 1. The Morgan fingerprint density at radius 1 is 1.07 bits per heavy atom. The van der Waals surface area contributed by atoms with Crippen LogP contribution in [0.3, 0.4) is 0 Å². The second kappa shape index (κ2) is 13.3. The third-order valence-electron chi connectivity index (χ3n) is 8.59. The number of rotatable bonds is 5. The molecule has 0 atom stereocenters. The molecule has 3 heterocycles. The Morgan fingerprint density at radius 2 is 1.71 bits per heavy atom. The molecule has 0 unspecified atom stereocenters. The highest BCUT2D eigenvalue weighted by atomic mass is 35.5. The number of hydrogen-bond acceptors (Lipinski definition) is 7. The fourth-order valence-electron chi connectivity index (χ4n) is 5.69. The Balaban J connectivity index is 0.000000193. The van der Waals surface area contributed by atoms with E-state index in [1.807, 2.05) is 35.2 Å². The first-order chi connectivity index (χ1) is 19.9. The van der Waals surface area contributed by atoms with Crippen LogP contribution in [0.1, 0.15) is 75.3 Å². The predicted octanol–water partition coefficient (Wildman–Crippen LogP) is 5.50. The number of nitrogens with zero attached hydrogens (tertiary/aromatic N) is 5. The molecule has 9 nitrogen and oxygen atoms in total. The Morgan fingerprint density at radius 3 is 2.29 bits per heavy atom. The van der Waals surface area contributed by atoms with Crippen LogP contribution >= 0.6 is 11.6 Å². The van der Waals surface area contributed by atoms with Crippen molar-refractivity contribution in [2.75, 3.05) is 33.8 Å².